The van der Waals surface area contributed by atoms with Crippen LogP contribution >= 0.6 is 0 Å². The van der Waals surface area contributed by atoms with E-state index in [0.29, 0.717) is 6.04 Å². The van der Waals surface area contributed by atoms with Gasteiger partial charge in [0.05, 0.1) is 5.60 Å². The molecule has 1 fully saturated rings. The molecule has 0 amide bonds. The van der Waals surface area contributed by atoms with Crippen molar-refractivity contribution in [1.29, 1.82) is 0 Å². The molecular formula is C17H26N2O2. The Bertz CT molecular complexity index is 458. The summed E-state index contributed by atoms with van der Waals surface area (Å²) in [5.41, 5.74) is 2.59. The van der Waals surface area contributed by atoms with E-state index >= 15 is 0 Å². The van der Waals surface area contributed by atoms with Crippen LogP contribution in [0, 0.1) is 0 Å². The average molecular weight is 290 g/mol. The molecule has 1 aromatic carbocycles. The second-order valence-electron chi connectivity index (χ2n) is 6.09. The maximum atomic E-state index is 5.83. The lowest BCUT2D eigenvalue weighted by atomic mass is 9.92. The molecule has 1 aromatic rings. The van der Waals surface area contributed by atoms with Crippen molar-refractivity contribution in [3.05, 3.63) is 29.8 Å². The Balaban J connectivity index is 1.69. The Morgan fingerprint density at radius 3 is 2.95 bits per heavy atom. The van der Waals surface area contributed by atoms with Gasteiger partial charge in [0.1, 0.15) is 0 Å². The van der Waals surface area contributed by atoms with Gasteiger partial charge >= 0.3 is 0 Å². The molecule has 2 aliphatic heterocycles. The highest BCUT2D eigenvalue weighted by atomic mass is 16.5. The topological polar surface area (TPSA) is 42.5 Å². The minimum absolute atomic E-state index is 0.0626. The van der Waals surface area contributed by atoms with Crippen LogP contribution in [0.4, 0.5) is 5.69 Å². The first kappa shape index (κ1) is 14.8. The summed E-state index contributed by atoms with van der Waals surface area (Å²) in [6.45, 7) is 3.56. The molecule has 4 nitrogen and oxygen atoms in total. The number of rotatable bonds is 4. The molecule has 0 spiro atoms. The Hall–Kier alpha value is -1.10. The van der Waals surface area contributed by atoms with Gasteiger partial charge in [0, 0.05) is 58.0 Å². The normalized spacial score (nSPS) is 24.7. The van der Waals surface area contributed by atoms with E-state index in [1.54, 1.807) is 0 Å². The lowest BCUT2D eigenvalue weighted by molar-refractivity contribution is -0.0887. The number of ether oxygens (including phenoxy) is 2. The summed E-state index contributed by atoms with van der Waals surface area (Å²) in [7, 11) is 1.83. The highest BCUT2D eigenvalue weighted by Gasteiger charge is 2.33. The quantitative estimate of drug-likeness (QED) is 0.895. The first-order chi connectivity index (χ1) is 10.3. The second-order valence-corrected chi connectivity index (χ2v) is 6.09. The van der Waals surface area contributed by atoms with Crippen LogP contribution in [0.5, 0.6) is 0 Å². The Morgan fingerprint density at radius 2 is 2.14 bits per heavy atom. The number of para-hydroxylation sites is 1. The van der Waals surface area contributed by atoms with Crippen LogP contribution in [0.25, 0.3) is 0 Å². The smallest absolute Gasteiger partial charge is 0.0846 e. The van der Waals surface area contributed by atoms with Gasteiger partial charge in [-0.2, -0.15) is 0 Å². The maximum Gasteiger partial charge on any atom is 0.0846 e. The van der Waals surface area contributed by atoms with Crippen LogP contribution in [0.3, 0.4) is 0 Å². The van der Waals surface area contributed by atoms with Gasteiger partial charge in [0.2, 0.25) is 0 Å². The number of hydrogen-bond donors (Lipinski definition) is 2. The van der Waals surface area contributed by atoms with Gasteiger partial charge < -0.3 is 20.1 Å². The molecule has 116 valence electrons. The molecule has 0 aromatic heterocycles. The van der Waals surface area contributed by atoms with Gasteiger partial charge in [-0.1, -0.05) is 18.2 Å². The molecule has 4 heteroatoms. The second kappa shape index (κ2) is 6.77. The molecule has 0 bridgehead atoms. The third kappa shape index (κ3) is 3.39. The summed E-state index contributed by atoms with van der Waals surface area (Å²) in [4.78, 5) is 0. The zero-order chi connectivity index (χ0) is 14.5. The van der Waals surface area contributed by atoms with Gasteiger partial charge in [-0.25, -0.2) is 0 Å². The third-order valence-corrected chi connectivity index (χ3v) is 4.83. The van der Waals surface area contributed by atoms with Gasteiger partial charge in [0.25, 0.3) is 0 Å². The molecular weight excluding hydrogens is 264 g/mol. The van der Waals surface area contributed by atoms with E-state index in [9.17, 15) is 0 Å². The fourth-order valence-electron chi connectivity index (χ4n) is 3.36. The summed E-state index contributed by atoms with van der Waals surface area (Å²) in [5.74, 6) is 0. The van der Waals surface area contributed by atoms with E-state index in [-0.39, 0.29) is 5.60 Å². The molecule has 1 atom stereocenters. The van der Waals surface area contributed by atoms with Crippen molar-refractivity contribution < 1.29 is 9.47 Å². The van der Waals surface area contributed by atoms with E-state index in [2.05, 4.69) is 34.9 Å². The molecule has 3 rings (SSSR count). The molecule has 1 saturated heterocycles. The summed E-state index contributed by atoms with van der Waals surface area (Å²) in [5, 5.41) is 7.28. The zero-order valence-corrected chi connectivity index (χ0v) is 12.9. The summed E-state index contributed by atoms with van der Waals surface area (Å²) < 4.78 is 11.3. The third-order valence-electron chi connectivity index (χ3n) is 4.83. The van der Waals surface area contributed by atoms with Crippen molar-refractivity contribution >= 4 is 5.69 Å². The largest absolute Gasteiger partial charge is 0.385 e. The van der Waals surface area contributed by atoms with Crippen molar-refractivity contribution in [2.24, 2.45) is 0 Å². The number of methoxy groups -OCH3 is 1. The Labute approximate surface area is 127 Å². The van der Waals surface area contributed by atoms with E-state index in [0.717, 1.165) is 39.1 Å². The van der Waals surface area contributed by atoms with Crippen LogP contribution in [0.1, 0.15) is 37.3 Å². The van der Waals surface area contributed by atoms with E-state index < -0.39 is 0 Å². The van der Waals surface area contributed by atoms with Crippen LogP contribution < -0.4 is 10.6 Å². The zero-order valence-electron chi connectivity index (χ0n) is 12.9. The van der Waals surface area contributed by atoms with Crippen molar-refractivity contribution in [3.63, 3.8) is 0 Å². The van der Waals surface area contributed by atoms with Crippen molar-refractivity contribution in [2.45, 2.75) is 37.3 Å². The Kier molecular flexibility index (Phi) is 4.78. The van der Waals surface area contributed by atoms with Gasteiger partial charge in [0.15, 0.2) is 0 Å². The SMILES string of the molecule is COC1(CN[C@@H]2CCCNc3ccccc32)CCOCC1. The number of hydrogen-bond acceptors (Lipinski definition) is 4. The standard InChI is InChI=1S/C17H26N2O2/c1-20-17(8-11-21-12-9-17)13-19-16-7-4-10-18-15-6-3-2-5-14(15)16/h2-3,5-6,16,18-19H,4,7-13H2,1H3/t16-/m1/s1. The first-order valence-corrected chi connectivity index (χ1v) is 8.02. The molecule has 0 saturated carbocycles. The van der Waals surface area contributed by atoms with Crippen molar-refractivity contribution in [3.8, 4) is 0 Å². The predicted octanol–water partition coefficient (Wildman–Crippen LogP) is 2.72. The average Bonchev–Trinajstić information content (AvgIpc) is 2.76. The Morgan fingerprint density at radius 1 is 1.33 bits per heavy atom. The monoisotopic (exact) mass is 290 g/mol. The van der Waals surface area contributed by atoms with E-state index in [1.807, 2.05) is 7.11 Å². The van der Waals surface area contributed by atoms with Gasteiger partial charge in [-0.15, -0.1) is 0 Å². The molecule has 2 heterocycles. The number of anilines is 1. The maximum absolute atomic E-state index is 5.83. The highest BCUT2D eigenvalue weighted by Crippen LogP contribution is 2.31. The van der Waals surface area contributed by atoms with E-state index in [4.69, 9.17) is 9.47 Å². The minimum Gasteiger partial charge on any atom is -0.385 e. The van der Waals surface area contributed by atoms with Gasteiger partial charge in [-0.3, -0.25) is 0 Å². The lowest BCUT2D eigenvalue weighted by Gasteiger charge is -2.37. The minimum atomic E-state index is -0.0626. The fraction of sp³-hybridized carbons (Fsp3) is 0.647. The molecule has 2 N–H and O–H groups in total. The first-order valence-electron chi connectivity index (χ1n) is 8.02. The number of nitrogens with one attached hydrogen (secondary N) is 2. The summed E-state index contributed by atoms with van der Waals surface area (Å²) in [6.07, 6.45) is 4.31. The van der Waals surface area contributed by atoms with Crippen molar-refractivity contribution in [1.82, 2.24) is 5.32 Å². The highest BCUT2D eigenvalue weighted by molar-refractivity contribution is 5.53. The van der Waals surface area contributed by atoms with Crippen molar-refractivity contribution in [2.75, 3.05) is 38.7 Å². The summed E-state index contributed by atoms with van der Waals surface area (Å²) in [6, 6.07) is 9.04. The molecule has 0 unspecified atom stereocenters. The fourth-order valence-corrected chi connectivity index (χ4v) is 3.36. The molecule has 2 aliphatic rings. The molecule has 21 heavy (non-hydrogen) atoms. The van der Waals surface area contributed by atoms with E-state index in [1.165, 1.54) is 24.1 Å². The number of benzene rings is 1. The molecule has 0 aliphatic carbocycles. The van der Waals surface area contributed by atoms with Crippen LogP contribution in [0.15, 0.2) is 24.3 Å². The van der Waals surface area contributed by atoms with Gasteiger partial charge in [-0.05, 0) is 24.5 Å². The number of fused-ring (bicyclic) bond motifs is 1. The van der Waals surface area contributed by atoms with Crippen LogP contribution in [-0.2, 0) is 9.47 Å². The lowest BCUT2D eigenvalue weighted by Crippen LogP contribution is -2.47. The molecule has 0 radical (unpaired) electrons. The predicted molar refractivity (Wildman–Crippen MR) is 84.7 cm³/mol. The van der Waals surface area contributed by atoms with Crippen LogP contribution in [0.2, 0.25) is 0 Å². The summed E-state index contributed by atoms with van der Waals surface area (Å²) >= 11 is 0. The van der Waals surface area contributed by atoms with Crippen LogP contribution in [-0.4, -0.2) is 39.0 Å².